The molecule has 39 heavy (non-hydrogen) atoms. The predicted octanol–water partition coefficient (Wildman–Crippen LogP) is 4.84. The summed E-state index contributed by atoms with van der Waals surface area (Å²) in [4.78, 5) is 29.9. The highest BCUT2D eigenvalue weighted by Gasteiger charge is 2.36. The van der Waals surface area contributed by atoms with Gasteiger partial charge in [0.05, 0.1) is 19.7 Å². The van der Waals surface area contributed by atoms with Gasteiger partial charge in [0.1, 0.15) is 18.1 Å². The number of hydrogen-bond acceptors (Lipinski definition) is 6. The maximum Gasteiger partial charge on any atom is 0.249 e. The highest BCUT2D eigenvalue weighted by molar-refractivity contribution is 6.02. The molecule has 1 N–H and O–H groups in total. The first kappa shape index (κ1) is 27.6. The van der Waals surface area contributed by atoms with Crippen LogP contribution < -0.4 is 19.7 Å². The van der Waals surface area contributed by atoms with E-state index >= 15 is 0 Å². The Morgan fingerprint density at radius 1 is 1.00 bits per heavy atom. The van der Waals surface area contributed by atoms with Gasteiger partial charge in [-0.3, -0.25) is 14.5 Å². The average Bonchev–Trinajstić information content (AvgIpc) is 3.34. The standard InChI is InChI=1S/C30H35N5O4/c1-7-30(3,4)31-29(37)28(22-13-9-8-12-20(22)2)35(21-16-17-25(38-5)26(18-21)39-6)27(36)19-34-24-15-11-10-14-23(24)32-33-34/h8-18,28H,7,19H2,1-6H3,(H,31,37). The summed E-state index contributed by atoms with van der Waals surface area (Å²) in [5.41, 5.74) is 3.01. The van der Waals surface area contributed by atoms with Crippen molar-refractivity contribution in [2.24, 2.45) is 0 Å². The van der Waals surface area contributed by atoms with E-state index in [0.29, 0.717) is 34.7 Å². The van der Waals surface area contributed by atoms with Crippen LogP contribution in [-0.2, 0) is 16.1 Å². The summed E-state index contributed by atoms with van der Waals surface area (Å²) in [6.07, 6.45) is 0.717. The number of carbonyl (C=O) groups excluding carboxylic acids is 2. The molecular formula is C30H35N5O4. The molecule has 0 aliphatic heterocycles. The lowest BCUT2D eigenvalue weighted by Crippen LogP contribution is -2.51. The molecule has 0 saturated heterocycles. The van der Waals surface area contributed by atoms with E-state index in [4.69, 9.17) is 9.47 Å². The number of amides is 2. The molecule has 1 heterocycles. The molecule has 1 atom stereocenters. The normalized spacial score (nSPS) is 12.2. The van der Waals surface area contributed by atoms with E-state index < -0.39 is 11.6 Å². The van der Waals surface area contributed by atoms with Crippen LogP contribution in [0.5, 0.6) is 11.5 Å². The van der Waals surface area contributed by atoms with Gasteiger partial charge in [0.25, 0.3) is 0 Å². The number of rotatable bonds is 10. The van der Waals surface area contributed by atoms with Crippen molar-refractivity contribution in [2.75, 3.05) is 19.1 Å². The van der Waals surface area contributed by atoms with Crippen LogP contribution in [0, 0.1) is 6.92 Å². The average molecular weight is 530 g/mol. The van der Waals surface area contributed by atoms with Crippen molar-refractivity contribution in [3.63, 3.8) is 0 Å². The molecule has 0 saturated carbocycles. The van der Waals surface area contributed by atoms with Crippen molar-refractivity contribution in [1.82, 2.24) is 20.3 Å². The summed E-state index contributed by atoms with van der Waals surface area (Å²) < 4.78 is 12.5. The third-order valence-electron chi connectivity index (χ3n) is 6.95. The van der Waals surface area contributed by atoms with E-state index in [2.05, 4.69) is 15.6 Å². The number of hydrogen-bond donors (Lipinski definition) is 1. The summed E-state index contributed by atoms with van der Waals surface area (Å²) >= 11 is 0. The second-order valence-corrected chi connectivity index (χ2v) is 10.0. The lowest BCUT2D eigenvalue weighted by atomic mass is 9.95. The van der Waals surface area contributed by atoms with Gasteiger partial charge in [0.15, 0.2) is 11.5 Å². The first-order valence-corrected chi connectivity index (χ1v) is 12.9. The van der Waals surface area contributed by atoms with Crippen LogP contribution in [0.15, 0.2) is 66.7 Å². The molecule has 0 radical (unpaired) electrons. The predicted molar refractivity (Wildman–Crippen MR) is 151 cm³/mol. The van der Waals surface area contributed by atoms with Crippen molar-refractivity contribution in [3.05, 3.63) is 77.9 Å². The number of para-hydroxylation sites is 1. The lowest BCUT2D eigenvalue weighted by molar-refractivity contribution is -0.128. The third-order valence-corrected chi connectivity index (χ3v) is 6.95. The Balaban J connectivity index is 1.88. The molecule has 0 fully saturated rings. The van der Waals surface area contributed by atoms with Gasteiger partial charge in [0.2, 0.25) is 11.8 Å². The fourth-order valence-electron chi connectivity index (χ4n) is 4.43. The van der Waals surface area contributed by atoms with Gasteiger partial charge >= 0.3 is 0 Å². The molecule has 1 aromatic heterocycles. The monoisotopic (exact) mass is 529 g/mol. The van der Waals surface area contributed by atoms with Crippen LogP contribution in [0.2, 0.25) is 0 Å². The molecule has 204 valence electrons. The van der Waals surface area contributed by atoms with Gasteiger partial charge in [-0.05, 0) is 62.6 Å². The number of anilines is 1. The molecular weight excluding hydrogens is 494 g/mol. The smallest absolute Gasteiger partial charge is 0.249 e. The molecule has 4 rings (SSSR count). The van der Waals surface area contributed by atoms with E-state index in [0.717, 1.165) is 11.1 Å². The fraction of sp³-hybridized carbons (Fsp3) is 0.333. The van der Waals surface area contributed by atoms with E-state index in [1.54, 1.807) is 30.0 Å². The van der Waals surface area contributed by atoms with Crippen molar-refractivity contribution < 1.29 is 19.1 Å². The number of carbonyl (C=O) groups is 2. The van der Waals surface area contributed by atoms with E-state index in [1.807, 2.05) is 76.2 Å². The number of aryl methyl sites for hydroxylation is 1. The number of methoxy groups -OCH3 is 2. The van der Waals surface area contributed by atoms with E-state index in [-0.39, 0.29) is 18.4 Å². The third kappa shape index (κ3) is 5.87. The Hall–Kier alpha value is -4.40. The number of nitrogens with zero attached hydrogens (tertiary/aromatic N) is 4. The Kier molecular flexibility index (Phi) is 8.18. The summed E-state index contributed by atoms with van der Waals surface area (Å²) in [6.45, 7) is 7.74. The molecule has 9 heteroatoms. The summed E-state index contributed by atoms with van der Waals surface area (Å²) in [7, 11) is 3.08. The van der Waals surface area contributed by atoms with E-state index in [1.165, 1.54) is 12.0 Å². The van der Waals surface area contributed by atoms with Crippen molar-refractivity contribution in [2.45, 2.75) is 52.2 Å². The highest BCUT2D eigenvalue weighted by atomic mass is 16.5. The zero-order valence-electron chi connectivity index (χ0n) is 23.3. The van der Waals surface area contributed by atoms with Gasteiger partial charge < -0.3 is 14.8 Å². The molecule has 0 spiro atoms. The van der Waals surface area contributed by atoms with Crippen LogP contribution >= 0.6 is 0 Å². The van der Waals surface area contributed by atoms with Gasteiger partial charge in [-0.15, -0.1) is 5.10 Å². The quantitative estimate of drug-likeness (QED) is 0.316. The Bertz CT molecular complexity index is 1480. The number of fused-ring (bicyclic) bond motifs is 1. The van der Waals surface area contributed by atoms with Crippen molar-refractivity contribution >= 4 is 28.5 Å². The van der Waals surface area contributed by atoms with Crippen LogP contribution in [0.25, 0.3) is 11.0 Å². The van der Waals surface area contributed by atoms with Gasteiger partial charge in [-0.25, -0.2) is 4.68 Å². The maximum atomic E-state index is 14.3. The summed E-state index contributed by atoms with van der Waals surface area (Å²) in [5.74, 6) is 0.329. The van der Waals surface area contributed by atoms with Gasteiger partial charge in [0, 0.05) is 17.3 Å². The second kappa shape index (κ2) is 11.6. The Morgan fingerprint density at radius 3 is 2.38 bits per heavy atom. The summed E-state index contributed by atoms with van der Waals surface area (Å²) in [5, 5.41) is 11.6. The number of benzene rings is 3. The van der Waals surface area contributed by atoms with Crippen molar-refractivity contribution in [3.8, 4) is 11.5 Å². The largest absolute Gasteiger partial charge is 0.493 e. The fourth-order valence-corrected chi connectivity index (χ4v) is 4.43. The topological polar surface area (TPSA) is 98.6 Å². The minimum absolute atomic E-state index is 0.123. The highest BCUT2D eigenvalue weighted by Crippen LogP contribution is 2.36. The van der Waals surface area contributed by atoms with Crippen molar-refractivity contribution in [1.29, 1.82) is 0 Å². The van der Waals surface area contributed by atoms with Crippen LogP contribution in [0.4, 0.5) is 5.69 Å². The first-order valence-electron chi connectivity index (χ1n) is 12.9. The van der Waals surface area contributed by atoms with Crippen LogP contribution in [0.1, 0.15) is 44.4 Å². The molecule has 0 bridgehead atoms. The van der Waals surface area contributed by atoms with Crippen LogP contribution in [-0.4, -0.2) is 46.6 Å². The molecule has 1 unspecified atom stereocenters. The zero-order chi connectivity index (χ0) is 28.2. The summed E-state index contributed by atoms with van der Waals surface area (Å²) in [6, 6.07) is 19.3. The SMILES string of the molecule is CCC(C)(C)NC(=O)C(c1ccccc1C)N(C(=O)Cn1nnc2ccccc21)c1ccc(OC)c(OC)c1. The number of ether oxygens (including phenoxy) is 2. The zero-order valence-corrected chi connectivity index (χ0v) is 23.3. The Labute approximate surface area is 228 Å². The molecule has 0 aliphatic rings. The molecule has 4 aromatic rings. The van der Waals surface area contributed by atoms with Gasteiger partial charge in [-0.2, -0.15) is 0 Å². The minimum Gasteiger partial charge on any atom is -0.493 e. The van der Waals surface area contributed by atoms with Crippen LogP contribution in [0.3, 0.4) is 0 Å². The minimum atomic E-state index is -0.961. The molecule has 3 aromatic carbocycles. The molecule has 2 amide bonds. The lowest BCUT2D eigenvalue weighted by Gasteiger charge is -2.35. The number of aromatic nitrogens is 3. The maximum absolute atomic E-state index is 14.3. The Morgan fingerprint density at radius 2 is 1.69 bits per heavy atom. The van der Waals surface area contributed by atoms with E-state index in [9.17, 15) is 9.59 Å². The molecule has 0 aliphatic carbocycles. The number of nitrogens with one attached hydrogen (secondary N) is 1. The second-order valence-electron chi connectivity index (χ2n) is 10.0. The molecule has 9 nitrogen and oxygen atoms in total. The first-order chi connectivity index (χ1) is 18.7. The van der Waals surface area contributed by atoms with Gasteiger partial charge in [-0.1, -0.05) is 48.5 Å².